The molecular weight excluding hydrogens is 280 g/mol. The van der Waals surface area contributed by atoms with Crippen molar-refractivity contribution in [2.45, 2.75) is 32.7 Å². The fourth-order valence-electron chi connectivity index (χ4n) is 2.74. The Hall–Kier alpha value is -1.11. The molecule has 3 atom stereocenters. The maximum Gasteiger partial charge on any atom is 0.226 e. The fourth-order valence-corrected chi connectivity index (χ4v) is 4.42. The second-order valence-corrected chi connectivity index (χ2v) is 7.80. The quantitative estimate of drug-likeness (QED) is 0.762. The molecule has 0 radical (unpaired) electrons. The van der Waals surface area contributed by atoms with Crippen molar-refractivity contribution >= 4 is 21.7 Å². The molecule has 0 spiro atoms. The van der Waals surface area contributed by atoms with Gasteiger partial charge in [0.1, 0.15) is 0 Å². The number of hydrogen-bond acceptors (Lipinski definition) is 4. The molecule has 0 bridgehead atoms. The third kappa shape index (κ3) is 3.31. The minimum absolute atomic E-state index is 0.0279. The van der Waals surface area contributed by atoms with E-state index in [-0.39, 0.29) is 41.2 Å². The number of nitrogens with one attached hydrogen (secondary N) is 1. The molecule has 1 saturated heterocycles. The summed E-state index contributed by atoms with van der Waals surface area (Å²) in [6, 6.07) is -0.280. The van der Waals surface area contributed by atoms with E-state index in [2.05, 4.69) is 5.32 Å². The van der Waals surface area contributed by atoms with Crippen molar-refractivity contribution in [2.24, 2.45) is 11.8 Å². The van der Waals surface area contributed by atoms with Gasteiger partial charge >= 0.3 is 0 Å². The zero-order valence-electron chi connectivity index (χ0n) is 12.0. The number of nitrogens with zero attached hydrogens (tertiary/aromatic N) is 1. The topological polar surface area (TPSA) is 83.6 Å². The van der Waals surface area contributed by atoms with Crippen LogP contribution in [0.4, 0.5) is 0 Å². The zero-order valence-corrected chi connectivity index (χ0v) is 12.8. The van der Waals surface area contributed by atoms with Crippen LogP contribution in [0.2, 0.25) is 0 Å². The van der Waals surface area contributed by atoms with Gasteiger partial charge < -0.3 is 10.2 Å². The normalized spacial score (nSPS) is 30.8. The van der Waals surface area contributed by atoms with Gasteiger partial charge in [-0.05, 0) is 26.7 Å². The van der Waals surface area contributed by atoms with Crippen LogP contribution in [-0.2, 0) is 19.4 Å². The summed E-state index contributed by atoms with van der Waals surface area (Å²) in [7, 11) is -2.99. The number of amides is 2. The molecule has 0 aromatic rings. The molecule has 114 valence electrons. The summed E-state index contributed by atoms with van der Waals surface area (Å²) in [6.45, 7) is 5.15. The maximum atomic E-state index is 12.1. The van der Waals surface area contributed by atoms with Gasteiger partial charge in [0.25, 0.3) is 0 Å². The average Bonchev–Trinajstić information content (AvgIpc) is 3.11. The third-order valence-corrected chi connectivity index (χ3v) is 5.87. The Labute approximate surface area is 119 Å². The van der Waals surface area contributed by atoms with Crippen LogP contribution in [0.15, 0.2) is 0 Å². The van der Waals surface area contributed by atoms with E-state index in [4.69, 9.17) is 0 Å². The molecule has 1 aliphatic heterocycles. The largest absolute Gasteiger partial charge is 0.352 e. The minimum atomic E-state index is -2.99. The van der Waals surface area contributed by atoms with Crippen LogP contribution >= 0.6 is 0 Å². The number of rotatable bonds is 5. The monoisotopic (exact) mass is 302 g/mol. The molecule has 1 heterocycles. The molecule has 1 aliphatic carbocycles. The molecule has 3 unspecified atom stereocenters. The zero-order chi connectivity index (χ0) is 14.9. The van der Waals surface area contributed by atoms with Crippen LogP contribution in [0.3, 0.4) is 0 Å². The van der Waals surface area contributed by atoms with Gasteiger partial charge in [-0.2, -0.15) is 0 Å². The lowest BCUT2D eigenvalue weighted by Crippen LogP contribution is -2.38. The van der Waals surface area contributed by atoms with Crippen molar-refractivity contribution in [1.29, 1.82) is 0 Å². The minimum Gasteiger partial charge on any atom is -0.352 e. The van der Waals surface area contributed by atoms with Crippen LogP contribution in [0.1, 0.15) is 26.7 Å². The lowest BCUT2D eigenvalue weighted by molar-refractivity contribution is -0.134. The van der Waals surface area contributed by atoms with Gasteiger partial charge in [-0.25, -0.2) is 8.42 Å². The molecule has 20 heavy (non-hydrogen) atoms. The van der Waals surface area contributed by atoms with E-state index in [1.807, 2.05) is 13.8 Å². The highest BCUT2D eigenvalue weighted by Gasteiger charge is 2.49. The van der Waals surface area contributed by atoms with E-state index in [0.29, 0.717) is 25.9 Å². The first-order valence-electron chi connectivity index (χ1n) is 7.17. The number of sulfone groups is 1. The van der Waals surface area contributed by atoms with Crippen LogP contribution in [0.5, 0.6) is 0 Å². The third-order valence-electron chi connectivity index (χ3n) is 4.10. The van der Waals surface area contributed by atoms with Crippen molar-refractivity contribution < 1.29 is 18.0 Å². The second-order valence-electron chi connectivity index (χ2n) is 5.57. The van der Waals surface area contributed by atoms with E-state index in [1.54, 1.807) is 4.90 Å². The molecule has 1 saturated carbocycles. The number of carbonyl (C=O) groups excluding carboxylic acids is 2. The number of hydrogen-bond donors (Lipinski definition) is 1. The predicted molar refractivity (Wildman–Crippen MR) is 74.7 cm³/mol. The molecule has 2 rings (SSSR count). The molecule has 2 aliphatic rings. The Morgan fingerprint density at radius 1 is 1.20 bits per heavy atom. The summed E-state index contributed by atoms with van der Waals surface area (Å²) < 4.78 is 22.7. The SMILES string of the molecule is CCN(CC)C(=O)C1CC1C(=O)NC1CCS(=O)(=O)C1. The molecule has 6 nitrogen and oxygen atoms in total. The van der Waals surface area contributed by atoms with Crippen molar-refractivity contribution in [3.05, 3.63) is 0 Å². The second kappa shape index (κ2) is 5.71. The fraction of sp³-hybridized carbons (Fsp3) is 0.846. The van der Waals surface area contributed by atoms with Gasteiger partial charge in [0.05, 0.1) is 23.3 Å². The van der Waals surface area contributed by atoms with Gasteiger partial charge in [-0.1, -0.05) is 0 Å². The van der Waals surface area contributed by atoms with Crippen LogP contribution in [-0.4, -0.2) is 55.8 Å². The van der Waals surface area contributed by atoms with Crippen molar-refractivity contribution in [3.63, 3.8) is 0 Å². The molecule has 7 heteroatoms. The summed E-state index contributed by atoms with van der Waals surface area (Å²) in [5, 5.41) is 2.77. The van der Waals surface area contributed by atoms with E-state index in [9.17, 15) is 18.0 Å². The highest BCUT2D eigenvalue weighted by atomic mass is 32.2. The Morgan fingerprint density at radius 2 is 1.85 bits per heavy atom. The summed E-state index contributed by atoms with van der Waals surface area (Å²) in [6.07, 6.45) is 1.07. The van der Waals surface area contributed by atoms with Crippen LogP contribution in [0.25, 0.3) is 0 Å². The van der Waals surface area contributed by atoms with Gasteiger partial charge in [-0.15, -0.1) is 0 Å². The first kappa shape index (κ1) is 15.3. The lowest BCUT2D eigenvalue weighted by Gasteiger charge is -2.18. The summed E-state index contributed by atoms with van der Waals surface area (Å²) in [5.41, 5.74) is 0. The molecule has 2 fully saturated rings. The smallest absolute Gasteiger partial charge is 0.226 e. The summed E-state index contributed by atoms with van der Waals surface area (Å²) >= 11 is 0. The Kier molecular flexibility index (Phi) is 4.36. The van der Waals surface area contributed by atoms with Gasteiger partial charge in [0.15, 0.2) is 9.84 Å². The van der Waals surface area contributed by atoms with Gasteiger partial charge in [-0.3, -0.25) is 9.59 Å². The highest BCUT2D eigenvalue weighted by Crippen LogP contribution is 2.40. The Morgan fingerprint density at radius 3 is 2.35 bits per heavy atom. The Bertz CT molecular complexity index is 499. The predicted octanol–water partition coefficient (Wildman–Crippen LogP) is -0.206. The van der Waals surface area contributed by atoms with E-state index < -0.39 is 9.84 Å². The Balaban J connectivity index is 1.83. The molecule has 1 N–H and O–H groups in total. The number of carbonyl (C=O) groups is 2. The average molecular weight is 302 g/mol. The lowest BCUT2D eigenvalue weighted by atomic mass is 10.2. The molecule has 0 aromatic carbocycles. The van der Waals surface area contributed by atoms with Gasteiger partial charge in [0.2, 0.25) is 11.8 Å². The summed E-state index contributed by atoms with van der Waals surface area (Å²) in [5.74, 6) is -0.448. The first-order valence-corrected chi connectivity index (χ1v) is 8.99. The van der Waals surface area contributed by atoms with Crippen molar-refractivity contribution in [2.75, 3.05) is 24.6 Å². The maximum absolute atomic E-state index is 12.1. The van der Waals surface area contributed by atoms with E-state index in [1.165, 1.54) is 0 Å². The first-order chi connectivity index (χ1) is 9.38. The van der Waals surface area contributed by atoms with Gasteiger partial charge in [0, 0.05) is 19.1 Å². The van der Waals surface area contributed by atoms with Crippen LogP contribution < -0.4 is 5.32 Å². The standard InChI is InChI=1S/C13H22N2O4S/c1-3-15(4-2)13(17)11-7-10(11)12(16)14-9-5-6-20(18,19)8-9/h9-11H,3-8H2,1-2H3,(H,14,16). The molecular formula is C13H22N2O4S. The van der Waals surface area contributed by atoms with Crippen LogP contribution in [0, 0.1) is 11.8 Å². The van der Waals surface area contributed by atoms with Crippen molar-refractivity contribution in [1.82, 2.24) is 10.2 Å². The van der Waals surface area contributed by atoms with Crippen molar-refractivity contribution in [3.8, 4) is 0 Å². The summed E-state index contributed by atoms with van der Waals surface area (Å²) in [4.78, 5) is 25.8. The molecule has 0 aromatic heterocycles. The van der Waals surface area contributed by atoms with E-state index in [0.717, 1.165) is 0 Å². The molecule has 2 amide bonds. The highest BCUT2D eigenvalue weighted by molar-refractivity contribution is 7.91. The van der Waals surface area contributed by atoms with E-state index >= 15 is 0 Å².